The second kappa shape index (κ2) is 8.03. The van der Waals surface area contributed by atoms with E-state index in [2.05, 4.69) is 15.7 Å². The molecule has 26 heavy (non-hydrogen) atoms. The van der Waals surface area contributed by atoms with Crippen molar-refractivity contribution in [1.82, 2.24) is 9.78 Å². The number of halogens is 3. The van der Waals surface area contributed by atoms with Crippen molar-refractivity contribution >= 4 is 52.0 Å². The highest BCUT2D eigenvalue weighted by Crippen LogP contribution is 2.20. The van der Waals surface area contributed by atoms with E-state index in [9.17, 15) is 4.39 Å². The average Bonchev–Trinajstić information content (AvgIpc) is 2.92. The van der Waals surface area contributed by atoms with Gasteiger partial charge in [0, 0.05) is 22.5 Å². The Hall–Kier alpha value is -2.15. The lowest BCUT2D eigenvalue weighted by atomic mass is 10.2. The summed E-state index contributed by atoms with van der Waals surface area (Å²) >= 11 is 17.2. The molecule has 0 saturated heterocycles. The maximum absolute atomic E-state index is 13.2. The van der Waals surface area contributed by atoms with Gasteiger partial charge in [-0.25, -0.2) is 4.39 Å². The molecule has 0 unspecified atom stereocenters. The van der Waals surface area contributed by atoms with Crippen LogP contribution in [0.2, 0.25) is 10.0 Å². The van der Waals surface area contributed by atoms with Gasteiger partial charge < -0.3 is 10.6 Å². The van der Waals surface area contributed by atoms with Gasteiger partial charge in [-0.15, -0.1) is 0 Å². The van der Waals surface area contributed by atoms with Crippen LogP contribution in [0, 0.1) is 12.7 Å². The van der Waals surface area contributed by atoms with Crippen LogP contribution in [-0.2, 0) is 6.54 Å². The molecule has 0 amide bonds. The molecule has 0 aliphatic carbocycles. The molecule has 0 aliphatic rings. The Labute approximate surface area is 165 Å². The number of aromatic nitrogens is 2. The maximum atomic E-state index is 13.2. The van der Waals surface area contributed by atoms with Gasteiger partial charge in [-0.1, -0.05) is 41.4 Å². The van der Waals surface area contributed by atoms with Crippen molar-refractivity contribution in [3.8, 4) is 0 Å². The number of nitrogens with zero attached hydrogens (tertiary/aromatic N) is 2. The number of benzene rings is 2. The molecule has 2 N–H and O–H groups in total. The summed E-state index contributed by atoms with van der Waals surface area (Å²) in [5.41, 5.74) is 2.52. The van der Waals surface area contributed by atoms with Gasteiger partial charge in [-0.3, -0.25) is 4.68 Å². The van der Waals surface area contributed by atoms with Crippen LogP contribution in [0.25, 0.3) is 0 Å². The van der Waals surface area contributed by atoms with Gasteiger partial charge >= 0.3 is 0 Å². The minimum Gasteiger partial charge on any atom is -0.332 e. The number of rotatable bonds is 4. The predicted molar refractivity (Wildman–Crippen MR) is 109 cm³/mol. The van der Waals surface area contributed by atoms with Gasteiger partial charge in [0.15, 0.2) is 10.9 Å². The number of hydrogen-bond acceptors (Lipinski definition) is 2. The fourth-order valence-corrected chi connectivity index (χ4v) is 2.97. The zero-order chi connectivity index (χ0) is 18.7. The summed E-state index contributed by atoms with van der Waals surface area (Å²) in [5, 5.41) is 11.5. The number of thiocarbonyl (C=S) groups is 1. The normalized spacial score (nSPS) is 10.6. The molecule has 0 fully saturated rings. The van der Waals surface area contributed by atoms with E-state index < -0.39 is 5.82 Å². The van der Waals surface area contributed by atoms with Crippen LogP contribution < -0.4 is 10.6 Å². The zero-order valence-corrected chi connectivity index (χ0v) is 16.1. The summed E-state index contributed by atoms with van der Waals surface area (Å²) in [7, 11) is 0. The van der Waals surface area contributed by atoms with Gasteiger partial charge in [-0.2, -0.15) is 5.10 Å². The number of anilines is 2. The molecule has 0 bridgehead atoms. The van der Waals surface area contributed by atoms with E-state index in [1.54, 1.807) is 6.07 Å². The minimum absolute atomic E-state index is 0.0256. The van der Waals surface area contributed by atoms with Crippen LogP contribution in [0.15, 0.2) is 48.5 Å². The lowest BCUT2D eigenvalue weighted by molar-refractivity contribution is 0.628. The third-order valence-corrected chi connectivity index (χ3v) is 4.54. The number of aryl methyl sites for hydroxylation is 1. The first-order valence-electron chi connectivity index (χ1n) is 7.73. The molecule has 0 atom stereocenters. The predicted octanol–water partition coefficient (Wildman–Crippen LogP) is 5.49. The smallest absolute Gasteiger partial charge is 0.176 e. The Balaban J connectivity index is 1.67. The Kier molecular flexibility index (Phi) is 5.76. The fourth-order valence-electron chi connectivity index (χ4n) is 2.37. The van der Waals surface area contributed by atoms with Crippen molar-refractivity contribution in [3.05, 3.63) is 75.7 Å². The third kappa shape index (κ3) is 4.52. The van der Waals surface area contributed by atoms with Crippen molar-refractivity contribution in [2.75, 3.05) is 10.6 Å². The van der Waals surface area contributed by atoms with Crippen molar-refractivity contribution < 1.29 is 4.39 Å². The quantitative estimate of drug-likeness (QED) is 0.559. The first-order valence-corrected chi connectivity index (χ1v) is 8.89. The van der Waals surface area contributed by atoms with Crippen molar-refractivity contribution in [2.24, 2.45) is 0 Å². The molecule has 134 valence electrons. The average molecular weight is 409 g/mol. The first-order chi connectivity index (χ1) is 12.4. The Bertz CT molecular complexity index is 958. The molecule has 0 aliphatic heterocycles. The fraction of sp³-hybridized carbons (Fsp3) is 0.111. The molecule has 2 aromatic carbocycles. The van der Waals surface area contributed by atoms with Crippen LogP contribution in [-0.4, -0.2) is 14.9 Å². The van der Waals surface area contributed by atoms with Crippen molar-refractivity contribution in [3.63, 3.8) is 0 Å². The van der Waals surface area contributed by atoms with Gasteiger partial charge in [0.25, 0.3) is 0 Å². The first kappa shape index (κ1) is 18.6. The second-order valence-corrected chi connectivity index (χ2v) is 6.85. The molecular formula is C18H15Cl2FN4S. The third-order valence-electron chi connectivity index (χ3n) is 3.68. The molecule has 0 spiro atoms. The van der Waals surface area contributed by atoms with Crippen molar-refractivity contribution in [1.29, 1.82) is 0 Å². The van der Waals surface area contributed by atoms with E-state index in [0.717, 1.165) is 11.3 Å². The lowest BCUT2D eigenvalue weighted by Gasteiger charge is -2.09. The summed E-state index contributed by atoms with van der Waals surface area (Å²) in [6.07, 6.45) is 0. The van der Waals surface area contributed by atoms with E-state index >= 15 is 0 Å². The number of nitrogens with one attached hydrogen (secondary N) is 2. The topological polar surface area (TPSA) is 41.9 Å². The molecule has 3 aromatic rings. The Morgan fingerprint density at radius 1 is 1.12 bits per heavy atom. The van der Waals surface area contributed by atoms with Crippen LogP contribution in [0.5, 0.6) is 0 Å². The molecule has 1 aromatic heterocycles. The highest BCUT2D eigenvalue weighted by atomic mass is 35.5. The molecule has 0 saturated carbocycles. The van der Waals surface area contributed by atoms with Gasteiger partial charge in [-0.05, 0) is 49.0 Å². The second-order valence-electron chi connectivity index (χ2n) is 5.63. The van der Waals surface area contributed by atoms with E-state index in [1.165, 1.54) is 12.1 Å². The monoisotopic (exact) mass is 408 g/mol. The molecule has 8 heteroatoms. The largest absolute Gasteiger partial charge is 0.332 e. The summed E-state index contributed by atoms with van der Waals surface area (Å²) in [5.74, 6) is 0.116. The molecule has 1 heterocycles. The van der Waals surface area contributed by atoms with Crippen molar-refractivity contribution in [2.45, 2.75) is 13.5 Å². The van der Waals surface area contributed by atoms with Gasteiger partial charge in [0.2, 0.25) is 0 Å². The summed E-state index contributed by atoms with van der Waals surface area (Å²) in [6.45, 7) is 2.51. The van der Waals surface area contributed by atoms with Crippen LogP contribution in [0.3, 0.4) is 0 Å². The highest BCUT2D eigenvalue weighted by Gasteiger charge is 2.09. The summed E-state index contributed by atoms with van der Waals surface area (Å²) < 4.78 is 15.0. The standard InChI is InChI=1S/C18H15Cl2FN4S/c1-11-8-17(24-25(11)10-12-4-2-3-5-14(12)19)23-18(26)22-13-6-7-16(21)15(20)9-13/h2-9H,10H2,1H3,(H2,22,23,24,26). The van der Waals surface area contributed by atoms with Crippen LogP contribution in [0.4, 0.5) is 15.9 Å². The molecular weight excluding hydrogens is 394 g/mol. The van der Waals surface area contributed by atoms with Gasteiger partial charge in [0.05, 0.1) is 11.6 Å². The molecule has 0 radical (unpaired) electrons. The lowest BCUT2D eigenvalue weighted by Crippen LogP contribution is -2.19. The Morgan fingerprint density at radius 3 is 2.62 bits per heavy atom. The summed E-state index contributed by atoms with van der Waals surface area (Å²) in [6, 6.07) is 13.8. The highest BCUT2D eigenvalue weighted by molar-refractivity contribution is 7.80. The van der Waals surface area contributed by atoms with E-state index in [0.29, 0.717) is 28.2 Å². The molecule has 4 nitrogen and oxygen atoms in total. The summed E-state index contributed by atoms with van der Waals surface area (Å²) in [4.78, 5) is 0. The zero-order valence-electron chi connectivity index (χ0n) is 13.8. The van der Waals surface area contributed by atoms with Gasteiger partial charge in [0.1, 0.15) is 5.82 Å². The van der Waals surface area contributed by atoms with E-state index in [1.807, 2.05) is 41.9 Å². The van der Waals surface area contributed by atoms with Crippen LogP contribution >= 0.6 is 35.4 Å². The van der Waals surface area contributed by atoms with E-state index in [4.69, 9.17) is 35.4 Å². The van der Waals surface area contributed by atoms with Crippen LogP contribution in [0.1, 0.15) is 11.3 Å². The Morgan fingerprint density at radius 2 is 1.88 bits per heavy atom. The SMILES string of the molecule is Cc1cc(NC(=S)Nc2ccc(F)c(Cl)c2)nn1Cc1ccccc1Cl. The van der Waals surface area contributed by atoms with E-state index in [-0.39, 0.29) is 5.02 Å². The number of hydrogen-bond donors (Lipinski definition) is 2. The maximum Gasteiger partial charge on any atom is 0.176 e. The molecule has 3 rings (SSSR count). The minimum atomic E-state index is -0.481.